The zero-order valence-electron chi connectivity index (χ0n) is 12.6. The molecule has 2 atom stereocenters. The van der Waals surface area contributed by atoms with E-state index < -0.39 is 20.6 Å². The molecule has 122 valence electrons. The fourth-order valence-electron chi connectivity index (χ4n) is 2.60. The normalized spacial score (nSPS) is 23.2. The molecule has 0 amide bonds. The molecular formula is C13H19N3O5S. The van der Waals surface area contributed by atoms with Crippen LogP contribution in [0, 0.1) is 10.1 Å². The van der Waals surface area contributed by atoms with Gasteiger partial charge in [-0.1, -0.05) is 0 Å². The highest BCUT2D eigenvalue weighted by molar-refractivity contribution is 7.89. The maximum Gasteiger partial charge on any atom is 0.293 e. The van der Waals surface area contributed by atoms with Gasteiger partial charge in [-0.15, -0.1) is 0 Å². The van der Waals surface area contributed by atoms with Crippen molar-refractivity contribution in [2.75, 3.05) is 20.2 Å². The van der Waals surface area contributed by atoms with Crippen LogP contribution >= 0.6 is 0 Å². The smallest absolute Gasteiger partial charge is 0.293 e. The summed E-state index contributed by atoms with van der Waals surface area (Å²) in [5.41, 5.74) is -0.474. The maximum absolute atomic E-state index is 12.8. The molecule has 2 rings (SSSR count). The van der Waals surface area contributed by atoms with E-state index in [0.717, 1.165) is 6.07 Å². The number of benzene rings is 1. The third-order valence-electron chi connectivity index (χ3n) is 3.50. The highest BCUT2D eigenvalue weighted by Crippen LogP contribution is 2.31. The molecule has 0 radical (unpaired) electrons. The van der Waals surface area contributed by atoms with Crippen molar-refractivity contribution in [3.8, 4) is 5.75 Å². The Kier molecular flexibility index (Phi) is 4.69. The van der Waals surface area contributed by atoms with E-state index in [0.29, 0.717) is 0 Å². The summed E-state index contributed by atoms with van der Waals surface area (Å²) in [6, 6.07) is 3.73. The van der Waals surface area contributed by atoms with Crippen LogP contribution in [0.2, 0.25) is 0 Å². The Hall–Kier alpha value is -1.71. The van der Waals surface area contributed by atoms with Crippen LogP contribution in [0.1, 0.15) is 13.8 Å². The van der Waals surface area contributed by atoms with Crippen molar-refractivity contribution in [3.63, 3.8) is 0 Å². The summed E-state index contributed by atoms with van der Waals surface area (Å²) < 4.78 is 31.7. The first kappa shape index (κ1) is 16.7. The predicted molar refractivity (Wildman–Crippen MR) is 80.5 cm³/mol. The third kappa shape index (κ3) is 3.21. The molecule has 22 heavy (non-hydrogen) atoms. The summed E-state index contributed by atoms with van der Waals surface area (Å²) in [6.07, 6.45) is 0. The van der Waals surface area contributed by atoms with Gasteiger partial charge in [-0.25, -0.2) is 8.42 Å². The van der Waals surface area contributed by atoms with E-state index in [9.17, 15) is 18.5 Å². The molecule has 2 unspecified atom stereocenters. The average molecular weight is 329 g/mol. The van der Waals surface area contributed by atoms with E-state index in [1.807, 2.05) is 13.8 Å². The van der Waals surface area contributed by atoms with Crippen molar-refractivity contribution in [3.05, 3.63) is 28.3 Å². The molecule has 0 bridgehead atoms. The Labute approximate surface area is 129 Å². The highest BCUT2D eigenvalue weighted by atomic mass is 32.2. The fourth-order valence-corrected chi connectivity index (χ4v) is 4.35. The molecule has 9 heteroatoms. The minimum atomic E-state index is -3.93. The molecule has 1 N–H and O–H groups in total. The van der Waals surface area contributed by atoms with Crippen molar-refractivity contribution >= 4 is 15.7 Å². The number of rotatable bonds is 4. The van der Waals surface area contributed by atoms with Crippen LogP contribution in [-0.4, -0.2) is 49.9 Å². The molecule has 1 fully saturated rings. The van der Waals surface area contributed by atoms with E-state index in [-0.39, 0.29) is 35.8 Å². The SMILES string of the molecule is COc1ccc(S(=O)(=O)N2CC(C)NC(C)C2)c([N+](=O)[O-])c1. The number of nitro groups is 1. The lowest BCUT2D eigenvalue weighted by atomic mass is 10.2. The maximum atomic E-state index is 12.8. The van der Waals surface area contributed by atoms with Gasteiger partial charge >= 0.3 is 0 Å². The molecule has 1 aliphatic rings. The molecule has 0 aliphatic carbocycles. The topological polar surface area (TPSA) is 102 Å². The number of nitro benzene ring substituents is 1. The van der Waals surface area contributed by atoms with E-state index in [4.69, 9.17) is 4.74 Å². The Morgan fingerprint density at radius 2 is 1.91 bits per heavy atom. The van der Waals surface area contributed by atoms with Gasteiger partial charge in [0, 0.05) is 25.2 Å². The number of piperazine rings is 1. The number of hydrogen-bond donors (Lipinski definition) is 1. The number of methoxy groups -OCH3 is 1. The van der Waals surface area contributed by atoms with E-state index >= 15 is 0 Å². The molecule has 0 spiro atoms. The Morgan fingerprint density at radius 1 is 1.32 bits per heavy atom. The molecule has 0 aromatic heterocycles. The van der Waals surface area contributed by atoms with Crippen LogP contribution in [-0.2, 0) is 10.0 Å². The van der Waals surface area contributed by atoms with Gasteiger partial charge in [0.1, 0.15) is 5.75 Å². The van der Waals surface area contributed by atoms with Gasteiger partial charge in [0.25, 0.3) is 5.69 Å². The third-order valence-corrected chi connectivity index (χ3v) is 5.38. The lowest BCUT2D eigenvalue weighted by molar-refractivity contribution is -0.387. The lowest BCUT2D eigenvalue weighted by Crippen LogP contribution is -2.55. The zero-order valence-corrected chi connectivity index (χ0v) is 13.5. The lowest BCUT2D eigenvalue weighted by Gasteiger charge is -2.35. The Balaban J connectivity index is 2.47. The van der Waals surface area contributed by atoms with E-state index in [1.165, 1.54) is 23.5 Å². The molecule has 1 heterocycles. The minimum absolute atomic E-state index is 0.0178. The monoisotopic (exact) mass is 329 g/mol. The minimum Gasteiger partial charge on any atom is -0.497 e. The predicted octanol–water partition coefficient (Wildman–Crippen LogP) is 0.974. The van der Waals surface area contributed by atoms with Crippen molar-refractivity contribution in [2.45, 2.75) is 30.8 Å². The van der Waals surface area contributed by atoms with Crippen molar-refractivity contribution in [2.24, 2.45) is 0 Å². The summed E-state index contributed by atoms with van der Waals surface area (Å²) in [4.78, 5) is 10.2. The summed E-state index contributed by atoms with van der Waals surface area (Å²) >= 11 is 0. The quantitative estimate of drug-likeness (QED) is 0.652. The first-order valence-corrected chi connectivity index (χ1v) is 8.28. The molecule has 8 nitrogen and oxygen atoms in total. The molecular weight excluding hydrogens is 310 g/mol. The van der Waals surface area contributed by atoms with Crippen molar-refractivity contribution in [1.82, 2.24) is 9.62 Å². The van der Waals surface area contributed by atoms with Gasteiger partial charge < -0.3 is 10.1 Å². The number of hydrogen-bond acceptors (Lipinski definition) is 6. The van der Waals surface area contributed by atoms with Crippen LogP contribution in [0.3, 0.4) is 0 Å². The summed E-state index contributed by atoms with van der Waals surface area (Å²) in [7, 11) is -2.56. The second-order valence-electron chi connectivity index (χ2n) is 5.38. The van der Waals surface area contributed by atoms with E-state index in [1.54, 1.807) is 0 Å². The zero-order chi connectivity index (χ0) is 16.5. The van der Waals surface area contributed by atoms with Gasteiger partial charge in [-0.05, 0) is 26.0 Å². The highest BCUT2D eigenvalue weighted by Gasteiger charge is 2.35. The largest absolute Gasteiger partial charge is 0.497 e. The van der Waals surface area contributed by atoms with Gasteiger partial charge in [-0.3, -0.25) is 10.1 Å². The Morgan fingerprint density at radius 3 is 2.41 bits per heavy atom. The number of sulfonamides is 1. The first-order chi connectivity index (χ1) is 10.3. The van der Waals surface area contributed by atoms with Crippen LogP contribution in [0.15, 0.2) is 23.1 Å². The number of ether oxygens (including phenoxy) is 1. The van der Waals surface area contributed by atoms with Crippen molar-refractivity contribution in [1.29, 1.82) is 0 Å². The standard InChI is InChI=1S/C13H19N3O5S/c1-9-7-15(8-10(2)14-9)22(19,20)13-5-4-11(21-3)6-12(13)16(17)18/h4-6,9-10,14H,7-8H2,1-3H3. The van der Waals surface area contributed by atoms with Gasteiger partial charge in [0.2, 0.25) is 10.0 Å². The molecule has 1 aromatic carbocycles. The number of nitrogens with one attached hydrogen (secondary N) is 1. The summed E-state index contributed by atoms with van der Waals surface area (Å²) in [5.74, 6) is 0.243. The van der Waals surface area contributed by atoms with Gasteiger partial charge in [0.05, 0.1) is 18.1 Å². The molecule has 1 aromatic rings. The van der Waals surface area contributed by atoms with Crippen LogP contribution in [0.25, 0.3) is 0 Å². The van der Waals surface area contributed by atoms with Crippen LogP contribution < -0.4 is 10.1 Å². The van der Waals surface area contributed by atoms with Gasteiger partial charge in [-0.2, -0.15) is 4.31 Å². The van der Waals surface area contributed by atoms with Crippen molar-refractivity contribution < 1.29 is 18.1 Å². The summed E-state index contributed by atoms with van der Waals surface area (Å²) in [5, 5.41) is 14.4. The van der Waals surface area contributed by atoms with Crippen LogP contribution in [0.4, 0.5) is 5.69 Å². The Bertz CT molecular complexity index is 666. The van der Waals surface area contributed by atoms with Gasteiger partial charge in [0.15, 0.2) is 4.90 Å². The molecule has 0 saturated carbocycles. The van der Waals surface area contributed by atoms with E-state index in [2.05, 4.69) is 5.32 Å². The first-order valence-electron chi connectivity index (χ1n) is 6.84. The van der Waals surface area contributed by atoms with Crippen LogP contribution in [0.5, 0.6) is 5.75 Å². The average Bonchev–Trinajstić information content (AvgIpc) is 2.45. The fraction of sp³-hybridized carbons (Fsp3) is 0.538. The second kappa shape index (κ2) is 6.19. The number of nitrogens with zero attached hydrogens (tertiary/aromatic N) is 2. The molecule has 1 saturated heterocycles. The molecule has 1 aliphatic heterocycles. The second-order valence-corrected chi connectivity index (χ2v) is 7.29. The summed E-state index contributed by atoms with van der Waals surface area (Å²) in [6.45, 7) is 4.30.